The molecule has 102 valence electrons. The average Bonchev–Trinajstić information content (AvgIpc) is 2.27. The van der Waals surface area contributed by atoms with Crippen molar-refractivity contribution in [1.82, 2.24) is 5.32 Å². The van der Waals surface area contributed by atoms with Crippen molar-refractivity contribution in [3.63, 3.8) is 0 Å². The van der Waals surface area contributed by atoms with E-state index in [0.717, 1.165) is 26.1 Å². The van der Waals surface area contributed by atoms with Crippen LogP contribution in [0.25, 0.3) is 0 Å². The van der Waals surface area contributed by atoms with Gasteiger partial charge >= 0.3 is 0 Å². The fourth-order valence-corrected chi connectivity index (χ4v) is 2.55. The summed E-state index contributed by atoms with van der Waals surface area (Å²) in [6.45, 7) is 7.38. The molecule has 0 heterocycles. The van der Waals surface area contributed by atoms with Gasteiger partial charge in [0.15, 0.2) is 0 Å². The lowest BCUT2D eigenvalue weighted by Gasteiger charge is -2.35. The minimum Gasteiger partial charge on any atom is -0.385 e. The first-order valence-electron chi connectivity index (χ1n) is 6.96. The van der Waals surface area contributed by atoms with E-state index in [1.807, 2.05) is 0 Å². The lowest BCUT2D eigenvalue weighted by atomic mass is 9.82. The van der Waals surface area contributed by atoms with Gasteiger partial charge in [-0.25, -0.2) is 0 Å². The highest BCUT2D eigenvalue weighted by Gasteiger charge is 2.27. The highest BCUT2D eigenvalue weighted by atomic mass is 16.5. The van der Waals surface area contributed by atoms with Crippen molar-refractivity contribution >= 4 is 0 Å². The lowest BCUT2D eigenvalue weighted by Crippen LogP contribution is -2.51. The highest BCUT2D eigenvalue weighted by molar-refractivity contribution is 4.89. The summed E-state index contributed by atoms with van der Waals surface area (Å²) in [6.07, 6.45) is 7.40. The van der Waals surface area contributed by atoms with Crippen molar-refractivity contribution in [2.45, 2.75) is 57.9 Å². The summed E-state index contributed by atoms with van der Waals surface area (Å²) in [6, 6.07) is 0. The summed E-state index contributed by atoms with van der Waals surface area (Å²) in [5, 5.41) is 3.56. The largest absolute Gasteiger partial charge is 0.385 e. The number of methoxy groups -OCH3 is 1. The van der Waals surface area contributed by atoms with E-state index in [1.165, 1.54) is 32.1 Å². The second-order valence-electron chi connectivity index (χ2n) is 6.43. The molecule has 0 aromatic carbocycles. The molecule has 0 amide bonds. The Labute approximate surface area is 106 Å². The van der Waals surface area contributed by atoms with E-state index in [4.69, 9.17) is 10.5 Å². The van der Waals surface area contributed by atoms with E-state index in [0.29, 0.717) is 5.41 Å². The topological polar surface area (TPSA) is 47.3 Å². The molecule has 0 bridgehead atoms. The SMILES string of the molecule is COCCC(C)(C)CNCC1(N)CCCCC1. The van der Waals surface area contributed by atoms with Crippen molar-refractivity contribution in [3.05, 3.63) is 0 Å². The number of nitrogens with one attached hydrogen (secondary N) is 1. The number of nitrogens with two attached hydrogens (primary N) is 1. The molecular weight excluding hydrogens is 212 g/mol. The third-order valence-electron chi connectivity index (χ3n) is 3.91. The van der Waals surface area contributed by atoms with Gasteiger partial charge in [-0.1, -0.05) is 33.1 Å². The molecule has 0 atom stereocenters. The molecule has 1 aliphatic carbocycles. The van der Waals surface area contributed by atoms with Gasteiger partial charge in [0.1, 0.15) is 0 Å². The maximum Gasteiger partial charge on any atom is 0.0467 e. The minimum atomic E-state index is 0.0512. The second-order valence-corrected chi connectivity index (χ2v) is 6.43. The van der Waals surface area contributed by atoms with Gasteiger partial charge in [-0.15, -0.1) is 0 Å². The molecule has 3 N–H and O–H groups in total. The zero-order valence-electron chi connectivity index (χ0n) is 11.8. The van der Waals surface area contributed by atoms with Crippen LogP contribution < -0.4 is 11.1 Å². The Morgan fingerprint density at radius 1 is 1.24 bits per heavy atom. The van der Waals surface area contributed by atoms with Crippen LogP contribution in [0.3, 0.4) is 0 Å². The Kier molecular flexibility index (Phi) is 5.90. The van der Waals surface area contributed by atoms with E-state index >= 15 is 0 Å². The van der Waals surface area contributed by atoms with Crippen LogP contribution in [0, 0.1) is 5.41 Å². The Morgan fingerprint density at radius 2 is 1.88 bits per heavy atom. The van der Waals surface area contributed by atoms with Gasteiger partial charge in [0.2, 0.25) is 0 Å². The van der Waals surface area contributed by atoms with Gasteiger partial charge in [0.05, 0.1) is 0 Å². The molecule has 17 heavy (non-hydrogen) atoms. The van der Waals surface area contributed by atoms with Crippen LogP contribution in [0.1, 0.15) is 52.4 Å². The first-order chi connectivity index (χ1) is 7.97. The zero-order valence-corrected chi connectivity index (χ0v) is 11.8. The predicted molar refractivity (Wildman–Crippen MR) is 73.1 cm³/mol. The summed E-state index contributed by atoms with van der Waals surface area (Å²) >= 11 is 0. The third-order valence-corrected chi connectivity index (χ3v) is 3.91. The van der Waals surface area contributed by atoms with Crippen molar-refractivity contribution in [1.29, 1.82) is 0 Å². The van der Waals surface area contributed by atoms with Crippen LogP contribution >= 0.6 is 0 Å². The van der Waals surface area contributed by atoms with Crippen LogP contribution in [-0.4, -0.2) is 32.3 Å². The van der Waals surface area contributed by atoms with Crippen LogP contribution in [0.2, 0.25) is 0 Å². The van der Waals surface area contributed by atoms with Gasteiger partial charge in [0, 0.05) is 32.3 Å². The average molecular weight is 242 g/mol. The van der Waals surface area contributed by atoms with Crippen molar-refractivity contribution in [3.8, 4) is 0 Å². The zero-order chi connectivity index (χ0) is 12.8. The minimum absolute atomic E-state index is 0.0512. The molecule has 0 aromatic rings. The first kappa shape index (κ1) is 14.9. The van der Waals surface area contributed by atoms with Gasteiger partial charge in [-0.05, 0) is 24.7 Å². The molecule has 1 fully saturated rings. The monoisotopic (exact) mass is 242 g/mol. The number of hydrogen-bond donors (Lipinski definition) is 2. The number of hydrogen-bond acceptors (Lipinski definition) is 3. The molecular formula is C14H30N2O. The van der Waals surface area contributed by atoms with Gasteiger partial charge < -0.3 is 15.8 Å². The van der Waals surface area contributed by atoms with Crippen LogP contribution in [-0.2, 0) is 4.74 Å². The summed E-state index contributed by atoms with van der Waals surface area (Å²) < 4.78 is 5.14. The molecule has 3 heteroatoms. The van der Waals surface area contributed by atoms with Crippen molar-refractivity contribution < 1.29 is 4.74 Å². The smallest absolute Gasteiger partial charge is 0.0467 e. The molecule has 1 rings (SSSR count). The molecule has 0 unspecified atom stereocenters. The van der Waals surface area contributed by atoms with E-state index < -0.39 is 0 Å². The molecule has 0 aromatic heterocycles. The Morgan fingerprint density at radius 3 is 2.47 bits per heavy atom. The van der Waals surface area contributed by atoms with E-state index in [1.54, 1.807) is 7.11 Å². The van der Waals surface area contributed by atoms with Crippen molar-refractivity contribution in [2.75, 3.05) is 26.8 Å². The van der Waals surface area contributed by atoms with Gasteiger partial charge in [-0.3, -0.25) is 0 Å². The fourth-order valence-electron chi connectivity index (χ4n) is 2.55. The van der Waals surface area contributed by atoms with E-state index in [-0.39, 0.29) is 5.54 Å². The first-order valence-corrected chi connectivity index (χ1v) is 6.96. The molecule has 0 radical (unpaired) electrons. The maximum atomic E-state index is 6.40. The molecule has 0 saturated heterocycles. The Bertz CT molecular complexity index is 210. The lowest BCUT2D eigenvalue weighted by molar-refractivity contribution is 0.148. The van der Waals surface area contributed by atoms with Crippen LogP contribution in [0.4, 0.5) is 0 Å². The van der Waals surface area contributed by atoms with Crippen LogP contribution in [0.15, 0.2) is 0 Å². The van der Waals surface area contributed by atoms with Gasteiger partial charge in [0.25, 0.3) is 0 Å². The molecule has 1 saturated carbocycles. The standard InChI is InChI=1S/C14H30N2O/c1-13(2,9-10-17-3)11-16-12-14(15)7-5-4-6-8-14/h16H,4-12,15H2,1-3H3. The summed E-state index contributed by atoms with van der Waals surface area (Å²) in [5.74, 6) is 0. The third kappa shape index (κ3) is 5.84. The Balaban J connectivity index is 2.21. The quantitative estimate of drug-likeness (QED) is 0.720. The Hall–Kier alpha value is -0.120. The van der Waals surface area contributed by atoms with Gasteiger partial charge in [-0.2, -0.15) is 0 Å². The maximum absolute atomic E-state index is 6.40. The predicted octanol–water partition coefficient (Wildman–Crippen LogP) is 2.30. The van der Waals surface area contributed by atoms with Crippen molar-refractivity contribution in [2.24, 2.45) is 11.1 Å². The molecule has 0 spiro atoms. The van der Waals surface area contributed by atoms with E-state index in [2.05, 4.69) is 19.2 Å². The normalized spacial score (nSPS) is 20.5. The molecule has 0 aliphatic heterocycles. The number of ether oxygens (including phenoxy) is 1. The molecule has 3 nitrogen and oxygen atoms in total. The van der Waals surface area contributed by atoms with Crippen LogP contribution in [0.5, 0.6) is 0 Å². The fraction of sp³-hybridized carbons (Fsp3) is 1.00. The van der Waals surface area contributed by atoms with E-state index in [9.17, 15) is 0 Å². The number of rotatable bonds is 7. The summed E-state index contributed by atoms with van der Waals surface area (Å²) in [7, 11) is 1.76. The second kappa shape index (κ2) is 6.72. The molecule has 1 aliphatic rings. The summed E-state index contributed by atoms with van der Waals surface area (Å²) in [5.41, 5.74) is 6.75. The summed E-state index contributed by atoms with van der Waals surface area (Å²) in [4.78, 5) is 0. The highest BCUT2D eigenvalue weighted by Crippen LogP contribution is 2.25.